The van der Waals surface area contributed by atoms with E-state index in [2.05, 4.69) is 227 Å². The summed E-state index contributed by atoms with van der Waals surface area (Å²) in [5.74, 6) is 0. The fraction of sp³-hybridized carbons (Fsp3) is 1.00. The van der Waals surface area contributed by atoms with Gasteiger partial charge in [-0.25, -0.2) is 0 Å². The lowest BCUT2D eigenvalue weighted by Crippen LogP contribution is -2.62. The lowest BCUT2D eigenvalue weighted by Gasteiger charge is -2.48. The summed E-state index contributed by atoms with van der Waals surface area (Å²) < 4.78 is 93.5. The van der Waals surface area contributed by atoms with Crippen molar-refractivity contribution < 1.29 is 44.3 Å². The molecule has 0 heterocycles. The van der Waals surface area contributed by atoms with Gasteiger partial charge in [-0.1, -0.05) is 125 Å². The molecular weight excluding hydrogens is 1150 g/mol. The van der Waals surface area contributed by atoms with Crippen molar-refractivity contribution in [1.82, 2.24) is 0 Å². The zero-order chi connectivity index (χ0) is 74.1. The van der Waals surface area contributed by atoms with Gasteiger partial charge in [0.1, 0.15) is 0 Å². The Labute approximate surface area is 544 Å². The zero-order valence-corrected chi connectivity index (χ0v) is 73.1. The van der Waals surface area contributed by atoms with Crippen LogP contribution in [-0.2, 0) is 44.3 Å². The molecule has 1 unspecified atom stereocenters. The molecule has 84 heavy (non-hydrogen) atoms. The highest BCUT2D eigenvalue weighted by atomic mass is 28.4. The predicted octanol–water partition coefficient (Wildman–Crippen LogP) is 22.2. The van der Waals surface area contributed by atoms with E-state index in [4.69, 9.17) is 49.2 Å². The quantitative estimate of drug-likeness (QED) is 0.197. The number of rotatable bonds is 10. The Morgan fingerprint density at radius 3 is 0.655 bits per heavy atom. The molecule has 0 aromatic carbocycles. The Balaban J connectivity index is -0.000000232. The Morgan fingerprint density at radius 2 is 0.548 bits per heavy atom. The monoisotopic (exact) mass is 1310 g/mol. The molecular formula is C68H160O10Si6. The maximum atomic E-state index is 8.58. The molecule has 0 saturated carbocycles. The largest absolute Gasteiger partial charge is 0.507 e. The van der Waals surface area contributed by atoms with E-state index >= 15 is 0 Å². The highest BCUT2D eigenvalue weighted by Crippen LogP contribution is 2.46. The van der Waals surface area contributed by atoms with Crippen LogP contribution in [0.4, 0.5) is 0 Å². The Hall–Kier alpha value is 0.901. The van der Waals surface area contributed by atoms with E-state index in [0.717, 1.165) is 0 Å². The van der Waals surface area contributed by atoms with Crippen molar-refractivity contribution in [1.29, 1.82) is 4.94 Å². The summed E-state index contributed by atoms with van der Waals surface area (Å²) in [6.07, 6.45) is 0. The molecule has 0 N–H and O–H groups in total. The van der Waals surface area contributed by atoms with Crippen molar-refractivity contribution >= 4 is 53.5 Å². The van der Waals surface area contributed by atoms with Crippen LogP contribution >= 0.6 is 0 Å². The van der Waals surface area contributed by atoms with E-state index in [1.54, 1.807) is 0 Å². The molecule has 0 fully saturated rings. The van der Waals surface area contributed by atoms with Crippen molar-refractivity contribution in [2.24, 2.45) is 0 Å². The normalized spacial score (nSPS) is 16.6. The molecule has 0 spiro atoms. The van der Waals surface area contributed by atoms with Gasteiger partial charge in [0.05, 0.1) is 29.2 Å². The van der Waals surface area contributed by atoms with Gasteiger partial charge in [0.2, 0.25) is 0 Å². The first-order chi connectivity index (χ1) is 36.6. The SMILES string of the molecule is CC(C)(C)O[Si](C)(C)C(C)(C)C.CC(C)(C)O[Si](C)(OC(C)(C)C)C(C)(C)C.CC(C)(C)O[Si](OC(C)(C)C)(OC(C)(C)C)C(C)(C)C.[2H][Si](C)(OC(C)(C)C)C(C)(C)C.[2H][Si](OC(C)(C)C)(OC(C)(C)C)C(C)(C)C.[2H][Si]([2H])(OC(C)(C)C)C(C)(C)C. The van der Waals surface area contributed by atoms with E-state index in [1.165, 1.54) is 0 Å². The first-order valence-electron chi connectivity index (χ1n) is 33.6. The lowest BCUT2D eigenvalue weighted by atomic mass is 10.2. The Kier molecular flexibility index (Phi) is 34.3. The zero-order valence-electron chi connectivity index (χ0n) is 71.1. The number of hydrogen-bond donors (Lipinski definition) is 0. The topological polar surface area (TPSA) is 92.3 Å². The minimum atomic E-state index is -3.04. The highest BCUT2D eigenvalue weighted by Gasteiger charge is 2.59. The van der Waals surface area contributed by atoms with Crippen LogP contribution in [0.2, 0.25) is 56.4 Å². The maximum absolute atomic E-state index is 8.58. The second-order valence-corrected chi connectivity index (χ2v) is 58.6. The third-order valence-corrected chi connectivity index (χ3v) is 31.7. The summed E-state index contributed by atoms with van der Waals surface area (Å²) in [5.41, 5.74) is -2.47. The summed E-state index contributed by atoms with van der Waals surface area (Å²) in [6.45, 7) is 108. The fourth-order valence-corrected chi connectivity index (χ4v) is 17.8. The highest BCUT2D eigenvalue weighted by molar-refractivity contribution is 6.74. The van der Waals surface area contributed by atoms with E-state index in [0.29, 0.717) is 5.04 Å². The molecule has 0 radical (unpaired) electrons. The van der Waals surface area contributed by atoms with Gasteiger partial charge in [-0.15, -0.1) is 0 Å². The van der Waals surface area contributed by atoms with Crippen molar-refractivity contribution in [3.8, 4) is 0 Å². The van der Waals surface area contributed by atoms with Crippen molar-refractivity contribution in [3.63, 3.8) is 0 Å². The summed E-state index contributed by atoms with van der Waals surface area (Å²) in [6, 6.07) is 0. The summed E-state index contributed by atoms with van der Waals surface area (Å²) in [7, 11) is -15.0. The molecule has 516 valence electrons. The van der Waals surface area contributed by atoms with Gasteiger partial charge in [0.15, 0.2) is 26.9 Å². The minimum Gasteiger partial charge on any atom is -0.419 e. The summed E-state index contributed by atoms with van der Waals surface area (Å²) in [5, 5.41) is -0.442. The van der Waals surface area contributed by atoms with Gasteiger partial charge < -0.3 is 44.3 Å². The molecule has 16 heteroatoms. The van der Waals surface area contributed by atoms with Crippen LogP contribution in [0, 0.1) is 0 Å². The summed E-state index contributed by atoms with van der Waals surface area (Å²) >= 11 is 0. The van der Waals surface area contributed by atoms with E-state index < -0.39 is 53.5 Å². The van der Waals surface area contributed by atoms with E-state index in [1.807, 2.05) is 131 Å². The van der Waals surface area contributed by atoms with Gasteiger partial charge >= 0.3 is 26.6 Å². The van der Waals surface area contributed by atoms with Crippen molar-refractivity contribution in [2.45, 2.75) is 445 Å². The van der Waals surface area contributed by atoms with Crippen molar-refractivity contribution in [3.05, 3.63) is 0 Å². The second kappa shape index (κ2) is 33.1. The summed E-state index contributed by atoms with van der Waals surface area (Å²) in [4.78, 5) is 0. The van der Waals surface area contributed by atoms with Crippen LogP contribution in [0.5, 0.6) is 0 Å². The van der Waals surface area contributed by atoms with Gasteiger partial charge in [-0.3, -0.25) is 0 Å². The predicted molar refractivity (Wildman–Crippen MR) is 390 cm³/mol. The molecule has 0 aliphatic heterocycles. The molecule has 0 saturated heterocycles. The van der Waals surface area contributed by atoms with Gasteiger partial charge in [-0.05, 0) is 249 Å². The van der Waals surface area contributed by atoms with Gasteiger partial charge in [0, 0.05) is 46.8 Å². The molecule has 0 rings (SSSR count). The van der Waals surface area contributed by atoms with Crippen LogP contribution in [0.1, 0.15) is 332 Å². The van der Waals surface area contributed by atoms with Gasteiger partial charge in [0.25, 0.3) is 0 Å². The first kappa shape index (κ1) is 87.0. The Morgan fingerprint density at radius 1 is 0.298 bits per heavy atom. The van der Waals surface area contributed by atoms with E-state index in [-0.39, 0.29) is 81.2 Å². The fourth-order valence-electron chi connectivity index (χ4n) is 5.95. The first-order valence-corrected chi connectivity index (χ1v) is 42.7. The third kappa shape index (κ3) is 58.0. The van der Waals surface area contributed by atoms with Crippen LogP contribution in [0.3, 0.4) is 0 Å². The minimum absolute atomic E-state index is 0.00298. The maximum Gasteiger partial charge on any atom is 0.507 e. The number of hydrogen-bond acceptors (Lipinski definition) is 10. The van der Waals surface area contributed by atoms with Crippen LogP contribution < -0.4 is 0 Å². The van der Waals surface area contributed by atoms with E-state index in [9.17, 15) is 0 Å². The lowest BCUT2D eigenvalue weighted by molar-refractivity contribution is -0.0875. The third-order valence-electron chi connectivity index (χ3n) is 10.6. The van der Waals surface area contributed by atoms with Gasteiger partial charge in [-0.2, -0.15) is 0 Å². The van der Waals surface area contributed by atoms with Crippen LogP contribution in [-0.4, -0.2) is 114 Å². The van der Waals surface area contributed by atoms with Crippen LogP contribution in [0.25, 0.3) is 0 Å². The Bertz CT molecular complexity index is 1740. The average molecular weight is 1310 g/mol. The second-order valence-electron chi connectivity index (χ2n) is 39.6. The molecule has 1 atom stereocenters. The standard InChI is InChI=1S/C16H36O3Si.C13H30O2Si.C12H28O2Si.C10H24OSi.C9H22OSi.C8H20OSi/c1-13(2,3)17-20(16(10,11)12,18-14(4,5)6)19-15(7,8)9;1-11(2,3)14-16(10,13(7,8)9)15-12(4,5)6;1-10(2,3)13-15(12(7,8)9)14-11(4,5)6;1-9(2,3)11-12(7,8)10(4,5)6;1-8(2,3)10-11(7)9(4,5)6;1-7(2,3)9-10-8(4,5)6/h1-12H3;1-10H3;15H,1-9H3;1-8H3;11H,1-7H3;10H2,1-6H3/i;;15D;;11D;10D2. The van der Waals surface area contributed by atoms with Crippen LogP contribution in [0.15, 0.2) is 0 Å². The molecule has 0 aliphatic carbocycles. The average Bonchev–Trinajstić information content (AvgIpc) is 3.01. The molecule has 0 aromatic heterocycles. The smallest absolute Gasteiger partial charge is 0.419 e. The van der Waals surface area contributed by atoms with Crippen molar-refractivity contribution in [2.75, 3.05) is 0 Å². The molecule has 10 nitrogen and oxygen atoms in total. The molecule has 0 aromatic rings. The molecule has 0 bridgehead atoms. The molecule has 0 aliphatic rings. The molecule has 0 amide bonds.